The predicted molar refractivity (Wildman–Crippen MR) is 199 cm³/mol. The van der Waals surface area contributed by atoms with Crippen LogP contribution in [0.5, 0.6) is 0 Å². The summed E-state index contributed by atoms with van der Waals surface area (Å²) in [7, 11) is 0. The van der Waals surface area contributed by atoms with Gasteiger partial charge in [-0.3, -0.25) is 0 Å². The summed E-state index contributed by atoms with van der Waals surface area (Å²) >= 11 is 0. The van der Waals surface area contributed by atoms with E-state index in [1.165, 1.54) is 68.0 Å². The Hall–Kier alpha value is -5.40. The Labute approximate surface area is 279 Å². The number of benzene rings is 5. The first-order chi connectivity index (χ1) is 23.3. The Bertz CT molecular complexity index is 1970. The van der Waals surface area contributed by atoms with Crippen LogP contribution in [0.15, 0.2) is 187 Å². The fraction of sp³-hybridized carbons (Fsp3) is 0.130. The van der Waals surface area contributed by atoms with Crippen LogP contribution < -0.4 is 4.90 Å². The molecule has 1 nitrogen and oxygen atoms in total. The summed E-state index contributed by atoms with van der Waals surface area (Å²) in [6.45, 7) is 0. The average Bonchev–Trinajstić information content (AvgIpc) is 3.15. The van der Waals surface area contributed by atoms with Gasteiger partial charge in [-0.15, -0.1) is 0 Å². The summed E-state index contributed by atoms with van der Waals surface area (Å²) in [5.74, 6) is 0.838. The molecule has 8 rings (SSSR count). The van der Waals surface area contributed by atoms with Crippen LogP contribution in [0, 0.1) is 5.92 Å². The van der Waals surface area contributed by atoms with Crippen molar-refractivity contribution in [3.05, 3.63) is 215 Å². The lowest BCUT2D eigenvalue weighted by Crippen LogP contribution is -2.24. The lowest BCUT2D eigenvalue weighted by Gasteiger charge is -2.38. The summed E-state index contributed by atoms with van der Waals surface area (Å²) < 4.78 is 0. The number of fused-ring (bicyclic) bond motifs is 2. The van der Waals surface area contributed by atoms with Crippen LogP contribution in [0.2, 0.25) is 0 Å². The van der Waals surface area contributed by atoms with Gasteiger partial charge in [-0.2, -0.15) is 0 Å². The van der Waals surface area contributed by atoms with Gasteiger partial charge in [0.05, 0.1) is 0 Å². The second-order valence-electron chi connectivity index (χ2n) is 12.8. The van der Waals surface area contributed by atoms with Gasteiger partial charge in [0.1, 0.15) is 0 Å². The molecule has 2 atom stereocenters. The molecule has 0 saturated heterocycles. The highest BCUT2D eigenvalue weighted by atomic mass is 15.1. The maximum Gasteiger partial charge on any atom is 0.0458 e. The van der Waals surface area contributed by atoms with Crippen LogP contribution >= 0.6 is 0 Å². The second-order valence-corrected chi connectivity index (χ2v) is 12.8. The molecular formula is C46H39N. The van der Waals surface area contributed by atoms with E-state index < -0.39 is 0 Å². The van der Waals surface area contributed by atoms with Crippen LogP contribution in [-0.2, 0) is 0 Å². The molecule has 0 heterocycles. The highest BCUT2D eigenvalue weighted by Crippen LogP contribution is 2.51. The third-order valence-electron chi connectivity index (χ3n) is 9.92. The Balaban J connectivity index is 1.05. The average molecular weight is 606 g/mol. The first-order valence-electron chi connectivity index (χ1n) is 17.0. The van der Waals surface area contributed by atoms with Crippen molar-refractivity contribution in [1.82, 2.24) is 0 Å². The zero-order chi connectivity index (χ0) is 31.4. The van der Waals surface area contributed by atoms with E-state index in [-0.39, 0.29) is 0 Å². The zero-order valence-electron chi connectivity index (χ0n) is 26.7. The maximum absolute atomic E-state index is 2.41. The minimum Gasteiger partial charge on any atom is -0.314 e. The van der Waals surface area contributed by atoms with Gasteiger partial charge in [0.25, 0.3) is 0 Å². The number of nitrogens with zero attached hydrogens (tertiary/aromatic N) is 1. The Morgan fingerprint density at radius 2 is 1.26 bits per heavy atom. The molecule has 0 amide bonds. The number of para-hydroxylation sites is 2. The van der Waals surface area contributed by atoms with Crippen LogP contribution in [0.25, 0.3) is 11.6 Å². The number of hydrogen-bond donors (Lipinski definition) is 0. The molecule has 0 saturated carbocycles. The Morgan fingerprint density at radius 3 is 1.94 bits per heavy atom. The van der Waals surface area contributed by atoms with E-state index in [2.05, 4.69) is 181 Å². The van der Waals surface area contributed by atoms with Crippen LogP contribution in [0.1, 0.15) is 59.4 Å². The molecule has 3 aliphatic carbocycles. The molecule has 5 aromatic rings. The Morgan fingerprint density at radius 1 is 0.596 bits per heavy atom. The standard InChI is InChI=1S/C46H39N/c1-4-14-36(15-5-1)45-41-20-10-12-22-43(41)46(44-23-13-11-21-42(44)45)37-30-26-34(27-31-37)24-25-35-28-32-40(33-29-35)47(38-16-6-2-7-17-38)39-18-8-3-9-19-39/h1-12,14-22,24-28,30-32,44,46H,13,23,29,33H2/b25-24+. The third kappa shape index (κ3) is 5.86. The molecule has 0 bridgehead atoms. The summed E-state index contributed by atoms with van der Waals surface area (Å²) in [4.78, 5) is 2.38. The van der Waals surface area contributed by atoms with E-state index in [4.69, 9.17) is 0 Å². The van der Waals surface area contributed by atoms with Crippen LogP contribution in [-0.4, -0.2) is 0 Å². The fourth-order valence-corrected chi connectivity index (χ4v) is 7.71. The van der Waals surface area contributed by atoms with Gasteiger partial charge >= 0.3 is 0 Å². The molecule has 3 aliphatic rings. The molecule has 5 aromatic carbocycles. The van der Waals surface area contributed by atoms with Crippen molar-refractivity contribution in [2.45, 2.75) is 31.6 Å². The summed E-state index contributed by atoms with van der Waals surface area (Å²) in [5.41, 5.74) is 14.8. The largest absolute Gasteiger partial charge is 0.314 e. The van der Waals surface area contributed by atoms with E-state index >= 15 is 0 Å². The van der Waals surface area contributed by atoms with Crippen LogP contribution in [0.4, 0.5) is 11.4 Å². The monoisotopic (exact) mass is 605 g/mol. The molecule has 0 N–H and O–H groups in total. The predicted octanol–water partition coefficient (Wildman–Crippen LogP) is 12.1. The fourth-order valence-electron chi connectivity index (χ4n) is 7.71. The van der Waals surface area contributed by atoms with E-state index in [0.717, 1.165) is 19.3 Å². The normalized spacial score (nSPS) is 18.7. The van der Waals surface area contributed by atoms with Gasteiger partial charge < -0.3 is 4.90 Å². The van der Waals surface area contributed by atoms with Gasteiger partial charge in [0.2, 0.25) is 0 Å². The van der Waals surface area contributed by atoms with Crippen LogP contribution in [0.3, 0.4) is 0 Å². The van der Waals surface area contributed by atoms with E-state index in [9.17, 15) is 0 Å². The Kier molecular flexibility index (Phi) is 8.12. The molecule has 2 unspecified atom stereocenters. The van der Waals surface area contributed by atoms with Crippen molar-refractivity contribution in [2.75, 3.05) is 4.90 Å². The maximum atomic E-state index is 2.41. The number of hydrogen-bond acceptors (Lipinski definition) is 1. The van der Waals surface area contributed by atoms with Crippen molar-refractivity contribution in [3.8, 4) is 0 Å². The van der Waals surface area contributed by atoms with Gasteiger partial charge in [-0.05, 0) is 106 Å². The molecule has 47 heavy (non-hydrogen) atoms. The molecular weight excluding hydrogens is 567 g/mol. The minimum atomic E-state index is 0.360. The highest BCUT2D eigenvalue weighted by molar-refractivity contribution is 5.88. The molecule has 228 valence electrons. The number of allylic oxidation sites excluding steroid dienone is 8. The third-order valence-corrected chi connectivity index (χ3v) is 9.92. The summed E-state index contributed by atoms with van der Waals surface area (Å²) in [6.07, 6.45) is 18.3. The molecule has 0 aliphatic heterocycles. The van der Waals surface area contributed by atoms with Crippen molar-refractivity contribution < 1.29 is 0 Å². The van der Waals surface area contributed by atoms with Gasteiger partial charge in [0.15, 0.2) is 0 Å². The van der Waals surface area contributed by atoms with Gasteiger partial charge in [0, 0.05) is 23.0 Å². The van der Waals surface area contributed by atoms with Gasteiger partial charge in [-0.1, -0.05) is 146 Å². The lowest BCUT2D eigenvalue weighted by molar-refractivity contribution is 0.496. The van der Waals surface area contributed by atoms with Gasteiger partial charge in [-0.25, -0.2) is 0 Å². The number of rotatable bonds is 7. The highest BCUT2D eigenvalue weighted by Gasteiger charge is 2.36. The first-order valence-corrected chi connectivity index (χ1v) is 17.0. The topological polar surface area (TPSA) is 3.24 Å². The van der Waals surface area contributed by atoms with Crippen molar-refractivity contribution in [2.24, 2.45) is 5.92 Å². The first kappa shape index (κ1) is 29.0. The molecule has 0 spiro atoms. The molecule has 1 heteroatoms. The van der Waals surface area contributed by atoms with Crippen molar-refractivity contribution in [3.63, 3.8) is 0 Å². The minimum absolute atomic E-state index is 0.360. The summed E-state index contributed by atoms with van der Waals surface area (Å²) in [6, 6.07) is 50.8. The number of anilines is 2. The summed E-state index contributed by atoms with van der Waals surface area (Å²) in [5, 5.41) is 0. The smallest absolute Gasteiger partial charge is 0.0458 e. The van der Waals surface area contributed by atoms with E-state index in [1.54, 1.807) is 0 Å². The SMILES string of the molecule is C1=CC2=C(c3ccccc3)c3ccccc3C(c3ccc(/C=C/C4=CC=C(N(c5ccccc5)c5ccccc5)CC4)cc3)C2CC1. The van der Waals surface area contributed by atoms with Crippen molar-refractivity contribution >= 4 is 23.0 Å². The lowest BCUT2D eigenvalue weighted by atomic mass is 9.65. The molecule has 0 aromatic heterocycles. The zero-order valence-corrected chi connectivity index (χ0v) is 26.7. The van der Waals surface area contributed by atoms with E-state index in [1.807, 2.05) is 0 Å². The van der Waals surface area contributed by atoms with Crippen molar-refractivity contribution in [1.29, 1.82) is 0 Å². The second kappa shape index (κ2) is 13.1. The molecule has 0 radical (unpaired) electrons. The molecule has 0 fully saturated rings. The quantitative estimate of drug-likeness (QED) is 0.178. The van der Waals surface area contributed by atoms with E-state index in [0.29, 0.717) is 11.8 Å².